The number of carbonyl (C=O) groups is 2. The third kappa shape index (κ3) is 4.34. The van der Waals surface area contributed by atoms with E-state index >= 15 is 0 Å². The predicted octanol–water partition coefficient (Wildman–Crippen LogP) is 2.28. The van der Waals surface area contributed by atoms with Gasteiger partial charge in [0.15, 0.2) is 0 Å². The smallest absolute Gasteiger partial charge is 0.337 e. The van der Waals surface area contributed by atoms with Crippen LogP contribution < -0.4 is 10.1 Å². The first kappa shape index (κ1) is 15.6. The third-order valence-corrected chi connectivity index (χ3v) is 2.97. The molecule has 0 saturated carbocycles. The molecule has 0 spiro atoms. The summed E-state index contributed by atoms with van der Waals surface area (Å²) in [5.41, 5.74) is 1.08. The fourth-order valence-corrected chi connectivity index (χ4v) is 1.83. The van der Waals surface area contributed by atoms with Crippen molar-refractivity contribution in [2.24, 2.45) is 0 Å². The van der Waals surface area contributed by atoms with Crippen LogP contribution in [0, 0.1) is 0 Å². The number of hydrogen-bond acceptors (Lipinski definition) is 4. The molecule has 1 N–H and O–H groups in total. The van der Waals surface area contributed by atoms with E-state index in [4.69, 9.17) is 4.74 Å². The van der Waals surface area contributed by atoms with Gasteiger partial charge >= 0.3 is 5.97 Å². The fraction of sp³-hybridized carbons (Fsp3) is 0.176. The lowest BCUT2D eigenvalue weighted by molar-refractivity contribution is 0.0600. The molecule has 2 aromatic carbocycles. The summed E-state index contributed by atoms with van der Waals surface area (Å²) >= 11 is 0. The van der Waals surface area contributed by atoms with Crippen LogP contribution in [0.2, 0.25) is 0 Å². The second-order valence-electron chi connectivity index (χ2n) is 4.49. The zero-order valence-electron chi connectivity index (χ0n) is 12.2. The number of amides is 1. The zero-order valence-corrected chi connectivity index (χ0v) is 12.2. The average molecular weight is 299 g/mol. The number of ether oxygens (including phenoxy) is 2. The molecule has 1 amide bonds. The van der Waals surface area contributed by atoms with Crippen LogP contribution in [-0.4, -0.2) is 32.1 Å². The standard InChI is InChI=1S/C17H17NO4/c1-21-17(20)14-7-9-15(10-8-14)22-12-11-18-16(19)13-5-3-2-4-6-13/h2-10H,11-12H2,1H3,(H,18,19). The molecule has 0 saturated heterocycles. The van der Waals surface area contributed by atoms with Crippen molar-refractivity contribution in [3.63, 3.8) is 0 Å². The van der Waals surface area contributed by atoms with Crippen molar-refractivity contribution in [2.45, 2.75) is 0 Å². The maximum atomic E-state index is 11.8. The third-order valence-electron chi connectivity index (χ3n) is 2.97. The minimum Gasteiger partial charge on any atom is -0.492 e. The molecule has 22 heavy (non-hydrogen) atoms. The van der Waals surface area contributed by atoms with Crippen molar-refractivity contribution in [1.29, 1.82) is 0 Å². The van der Waals surface area contributed by atoms with Crippen LogP contribution in [0.1, 0.15) is 20.7 Å². The largest absolute Gasteiger partial charge is 0.492 e. The normalized spacial score (nSPS) is 9.86. The van der Waals surface area contributed by atoms with Gasteiger partial charge < -0.3 is 14.8 Å². The van der Waals surface area contributed by atoms with Crippen LogP contribution in [0.5, 0.6) is 5.75 Å². The molecular formula is C17H17NO4. The number of nitrogens with one attached hydrogen (secondary N) is 1. The number of esters is 1. The summed E-state index contributed by atoms with van der Waals surface area (Å²) in [4.78, 5) is 23.1. The maximum Gasteiger partial charge on any atom is 0.337 e. The highest BCUT2D eigenvalue weighted by Crippen LogP contribution is 2.12. The first-order valence-electron chi connectivity index (χ1n) is 6.85. The molecule has 0 atom stereocenters. The lowest BCUT2D eigenvalue weighted by Crippen LogP contribution is -2.28. The number of rotatable bonds is 6. The van der Waals surface area contributed by atoms with Crippen LogP contribution in [0.15, 0.2) is 54.6 Å². The second kappa shape index (κ2) is 7.83. The number of hydrogen-bond donors (Lipinski definition) is 1. The molecule has 0 aromatic heterocycles. The van der Waals surface area contributed by atoms with Gasteiger partial charge in [-0.15, -0.1) is 0 Å². The zero-order chi connectivity index (χ0) is 15.8. The van der Waals surface area contributed by atoms with E-state index in [0.29, 0.717) is 30.0 Å². The molecule has 0 bridgehead atoms. The average Bonchev–Trinajstić information content (AvgIpc) is 2.59. The van der Waals surface area contributed by atoms with E-state index < -0.39 is 0 Å². The summed E-state index contributed by atoms with van der Waals surface area (Å²) < 4.78 is 10.1. The van der Waals surface area contributed by atoms with E-state index in [0.717, 1.165) is 0 Å². The predicted molar refractivity (Wildman–Crippen MR) is 82.1 cm³/mol. The summed E-state index contributed by atoms with van der Waals surface area (Å²) in [5.74, 6) is 0.105. The summed E-state index contributed by atoms with van der Waals surface area (Å²) in [6, 6.07) is 15.6. The van der Waals surface area contributed by atoms with Gasteiger partial charge in [0.1, 0.15) is 12.4 Å². The van der Waals surface area contributed by atoms with E-state index in [-0.39, 0.29) is 11.9 Å². The van der Waals surface area contributed by atoms with Crippen LogP contribution in [0.3, 0.4) is 0 Å². The maximum absolute atomic E-state index is 11.8. The Kier molecular flexibility index (Phi) is 5.54. The minimum absolute atomic E-state index is 0.134. The molecule has 0 radical (unpaired) electrons. The molecule has 5 heteroatoms. The fourth-order valence-electron chi connectivity index (χ4n) is 1.83. The van der Waals surface area contributed by atoms with Crippen molar-refractivity contribution >= 4 is 11.9 Å². The lowest BCUT2D eigenvalue weighted by Gasteiger charge is -2.08. The summed E-state index contributed by atoms with van der Waals surface area (Å²) in [6.07, 6.45) is 0. The van der Waals surface area contributed by atoms with Crippen molar-refractivity contribution in [3.05, 3.63) is 65.7 Å². The summed E-state index contributed by atoms with van der Waals surface area (Å²) in [5, 5.41) is 2.77. The SMILES string of the molecule is COC(=O)c1ccc(OCCNC(=O)c2ccccc2)cc1. The van der Waals surface area contributed by atoms with Crippen molar-refractivity contribution in [1.82, 2.24) is 5.32 Å². The molecular weight excluding hydrogens is 282 g/mol. The second-order valence-corrected chi connectivity index (χ2v) is 4.49. The molecule has 0 fully saturated rings. The van der Waals surface area contributed by atoms with E-state index in [1.54, 1.807) is 36.4 Å². The highest BCUT2D eigenvalue weighted by atomic mass is 16.5. The van der Waals surface area contributed by atoms with Gasteiger partial charge in [-0.05, 0) is 36.4 Å². The molecule has 5 nitrogen and oxygen atoms in total. The molecule has 114 valence electrons. The number of carbonyl (C=O) groups excluding carboxylic acids is 2. The van der Waals surface area contributed by atoms with Crippen molar-refractivity contribution < 1.29 is 19.1 Å². The van der Waals surface area contributed by atoms with Gasteiger partial charge in [0.05, 0.1) is 19.2 Å². The van der Waals surface area contributed by atoms with Crippen LogP contribution in [0.4, 0.5) is 0 Å². The highest BCUT2D eigenvalue weighted by Gasteiger charge is 2.05. The van der Waals surface area contributed by atoms with Crippen molar-refractivity contribution in [2.75, 3.05) is 20.3 Å². The molecule has 0 heterocycles. The quantitative estimate of drug-likeness (QED) is 0.656. The Balaban J connectivity index is 1.75. The van der Waals surface area contributed by atoms with Crippen LogP contribution in [0.25, 0.3) is 0 Å². The topological polar surface area (TPSA) is 64.6 Å². The van der Waals surface area contributed by atoms with Gasteiger partial charge in [-0.1, -0.05) is 18.2 Å². The monoisotopic (exact) mass is 299 g/mol. The van der Waals surface area contributed by atoms with E-state index in [9.17, 15) is 9.59 Å². The highest BCUT2D eigenvalue weighted by molar-refractivity contribution is 5.94. The first-order valence-corrected chi connectivity index (χ1v) is 6.85. The Morgan fingerprint density at radius 1 is 0.955 bits per heavy atom. The van der Waals surface area contributed by atoms with E-state index in [1.165, 1.54) is 7.11 Å². The van der Waals surface area contributed by atoms with E-state index in [2.05, 4.69) is 10.1 Å². The molecule has 0 unspecified atom stereocenters. The molecule has 2 aromatic rings. The molecule has 0 aliphatic rings. The van der Waals surface area contributed by atoms with Gasteiger partial charge in [0, 0.05) is 5.56 Å². The van der Waals surface area contributed by atoms with Crippen molar-refractivity contribution in [3.8, 4) is 5.75 Å². The van der Waals surface area contributed by atoms with Crippen LogP contribution in [-0.2, 0) is 4.74 Å². The molecule has 0 aliphatic heterocycles. The lowest BCUT2D eigenvalue weighted by atomic mass is 10.2. The Hall–Kier alpha value is -2.82. The Morgan fingerprint density at radius 3 is 2.27 bits per heavy atom. The van der Waals surface area contributed by atoms with Gasteiger partial charge in [-0.25, -0.2) is 4.79 Å². The van der Waals surface area contributed by atoms with Gasteiger partial charge in [0.2, 0.25) is 0 Å². The van der Waals surface area contributed by atoms with E-state index in [1.807, 2.05) is 18.2 Å². The minimum atomic E-state index is -0.387. The molecule has 2 rings (SSSR count). The summed E-state index contributed by atoms with van der Waals surface area (Å²) in [7, 11) is 1.34. The van der Waals surface area contributed by atoms with Crippen LogP contribution >= 0.6 is 0 Å². The Bertz CT molecular complexity index is 623. The Labute approximate surface area is 128 Å². The number of methoxy groups -OCH3 is 1. The Morgan fingerprint density at radius 2 is 1.64 bits per heavy atom. The van der Waals surface area contributed by atoms with Gasteiger partial charge in [0.25, 0.3) is 5.91 Å². The first-order chi connectivity index (χ1) is 10.7. The number of benzene rings is 2. The van der Waals surface area contributed by atoms with Gasteiger partial charge in [-0.3, -0.25) is 4.79 Å². The van der Waals surface area contributed by atoms with Gasteiger partial charge in [-0.2, -0.15) is 0 Å². The molecule has 0 aliphatic carbocycles. The summed E-state index contributed by atoms with van der Waals surface area (Å²) in [6.45, 7) is 0.739.